The van der Waals surface area contributed by atoms with Crippen LogP contribution in [0.25, 0.3) is 0 Å². The summed E-state index contributed by atoms with van der Waals surface area (Å²) < 4.78 is 12.8. The molecule has 0 heterocycles. The Morgan fingerprint density at radius 1 is 0.828 bits per heavy atom. The molecule has 0 saturated carbocycles. The predicted molar refractivity (Wildman–Crippen MR) is 128 cm³/mol. The number of hydrazone groups is 1. The summed E-state index contributed by atoms with van der Waals surface area (Å²) in [6, 6.07) is 6.17. The van der Waals surface area contributed by atoms with Crippen LogP contribution in [-0.2, 0) is 0 Å². The first-order valence-electron chi connectivity index (χ1n) is 11.5. The maximum Gasteiger partial charge on any atom is 0.186 e. The molecule has 0 fully saturated rings. The number of halogens is 1. The molecular formula is C24H40FN3S. The minimum atomic E-state index is -0.250. The third-order valence-corrected chi connectivity index (χ3v) is 5.30. The van der Waals surface area contributed by atoms with Gasteiger partial charge >= 0.3 is 0 Å². The van der Waals surface area contributed by atoms with E-state index in [0.717, 1.165) is 18.5 Å². The molecule has 0 atom stereocenters. The van der Waals surface area contributed by atoms with Gasteiger partial charge in [0.15, 0.2) is 5.11 Å². The van der Waals surface area contributed by atoms with Gasteiger partial charge in [-0.05, 0) is 36.3 Å². The third-order valence-electron chi connectivity index (χ3n) is 5.07. The summed E-state index contributed by atoms with van der Waals surface area (Å²) in [5.74, 6) is -0.250. The van der Waals surface area contributed by atoms with Gasteiger partial charge in [0.2, 0.25) is 0 Å². The molecule has 0 unspecified atom stereocenters. The lowest BCUT2D eigenvalue weighted by atomic mass is 10.0. The summed E-state index contributed by atoms with van der Waals surface area (Å²) in [6.07, 6.45) is 20.7. The van der Waals surface area contributed by atoms with Crippen LogP contribution in [0.2, 0.25) is 0 Å². The fraction of sp³-hybridized carbons (Fsp3) is 0.667. The highest BCUT2D eigenvalue weighted by Gasteiger charge is 1.96. The first kappa shape index (κ1) is 25.5. The number of thiocarbonyl (C=S) groups is 1. The lowest BCUT2D eigenvalue weighted by Crippen LogP contribution is -2.32. The van der Waals surface area contributed by atoms with Crippen LogP contribution in [0.1, 0.15) is 102 Å². The number of hydrogen-bond donors (Lipinski definition) is 2. The van der Waals surface area contributed by atoms with E-state index in [-0.39, 0.29) is 5.82 Å². The lowest BCUT2D eigenvalue weighted by molar-refractivity contribution is 0.535. The predicted octanol–water partition coefficient (Wildman–Crippen LogP) is 7.11. The van der Waals surface area contributed by atoms with Crippen molar-refractivity contribution in [2.24, 2.45) is 5.10 Å². The molecule has 0 aliphatic rings. The van der Waals surface area contributed by atoms with Gasteiger partial charge in [0.25, 0.3) is 0 Å². The third kappa shape index (κ3) is 16.0. The Labute approximate surface area is 182 Å². The van der Waals surface area contributed by atoms with E-state index in [9.17, 15) is 4.39 Å². The number of nitrogens with one attached hydrogen (secondary N) is 2. The van der Waals surface area contributed by atoms with Crippen molar-refractivity contribution in [1.82, 2.24) is 10.7 Å². The lowest BCUT2D eigenvalue weighted by Gasteiger charge is -2.07. The Morgan fingerprint density at radius 3 is 1.83 bits per heavy atom. The number of hydrogen-bond acceptors (Lipinski definition) is 2. The van der Waals surface area contributed by atoms with Crippen molar-refractivity contribution in [1.29, 1.82) is 0 Å². The Bertz CT molecular complexity index is 546. The van der Waals surface area contributed by atoms with Crippen molar-refractivity contribution in [3.8, 4) is 0 Å². The van der Waals surface area contributed by atoms with Crippen LogP contribution in [0, 0.1) is 5.82 Å². The Kier molecular flexibility index (Phi) is 16.3. The van der Waals surface area contributed by atoms with Gasteiger partial charge < -0.3 is 5.32 Å². The molecule has 0 bridgehead atoms. The Balaban J connectivity index is 1.83. The molecule has 1 rings (SSSR count). The van der Waals surface area contributed by atoms with Gasteiger partial charge in [0, 0.05) is 6.54 Å². The van der Waals surface area contributed by atoms with E-state index in [4.69, 9.17) is 12.2 Å². The second-order valence-corrected chi connectivity index (χ2v) is 8.18. The quantitative estimate of drug-likeness (QED) is 0.122. The van der Waals surface area contributed by atoms with Crippen molar-refractivity contribution < 1.29 is 4.39 Å². The molecule has 3 nitrogen and oxygen atoms in total. The number of rotatable bonds is 17. The van der Waals surface area contributed by atoms with Crippen molar-refractivity contribution >= 4 is 23.5 Å². The van der Waals surface area contributed by atoms with Gasteiger partial charge in [-0.15, -0.1) is 0 Å². The fourth-order valence-corrected chi connectivity index (χ4v) is 3.43. The van der Waals surface area contributed by atoms with Crippen LogP contribution in [-0.4, -0.2) is 17.9 Å². The highest BCUT2D eigenvalue weighted by Crippen LogP contribution is 2.12. The summed E-state index contributed by atoms with van der Waals surface area (Å²) in [5.41, 5.74) is 3.62. The summed E-state index contributed by atoms with van der Waals surface area (Å²) in [5, 5.41) is 7.75. The van der Waals surface area contributed by atoms with E-state index in [1.165, 1.54) is 95.6 Å². The molecule has 5 heteroatoms. The van der Waals surface area contributed by atoms with E-state index in [1.807, 2.05) is 0 Å². The molecule has 1 aromatic carbocycles. The summed E-state index contributed by atoms with van der Waals surface area (Å²) >= 11 is 5.19. The van der Waals surface area contributed by atoms with Crippen LogP contribution in [0.3, 0.4) is 0 Å². The second-order valence-electron chi connectivity index (χ2n) is 7.77. The number of benzene rings is 1. The fourth-order valence-electron chi connectivity index (χ4n) is 3.28. The highest BCUT2D eigenvalue weighted by molar-refractivity contribution is 7.80. The van der Waals surface area contributed by atoms with Gasteiger partial charge in [-0.3, -0.25) is 5.43 Å². The monoisotopic (exact) mass is 421 g/mol. The standard InChI is InChI=1S/C24H40FN3S/c1-2-3-4-5-6-7-8-9-10-11-12-13-14-15-20-26-24(29)28-27-21-22-16-18-23(25)19-17-22/h16-19,21H,2-15,20H2,1H3,(H2,26,28,29)/b27-21-. The summed E-state index contributed by atoms with van der Waals surface area (Å²) in [4.78, 5) is 0. The van der Waals surface area contributed by atoms with Gasteiger partial charge in [-0.2, -0.15) is 5.10 Å². The molecule has 0 aromatic heterocycles. The largest absolute Gasteiger partial charge is 0.361 e. The van der Waals surface area contributed by atoms with Crippen LogP contribution >= 0.6 is 12.2 Å². The minimum absolute atomic E-state index is 0.250. The molecular weight excluding hydrogens is 381 g/mol. The zero-order chi connectivity index (χ0) is 21.0. The number of unbranched alkanes of at least 4 members (excludes halogenated alkanes) is 13. The first-order chi connectivity index (χ1) is 14.2. The maximum absolute atomic E-state index is 12.8. The number of nitrogens with zero attached hydrogens (tertiary/aromatic N) is 1. The first-order valence-corrected chi connectivity index (χ1v) is 12.0. The average Bonchev–Trinajstić information content (AvgIpc) is 2.72. The van der Waals surface area contributed by atoms with E-state index >= 15 is 0 Å². The highest BCUT2D eigenvalue weighted by atomic mass is 32.1. The zero-order valence-electron chi connectivity index (χ0n) is 18.2. The van der Waals surface area contributed by atoms with E-state index in [1.54, 1.807) is 18.3 Å². The molecule has 0 saturated heterocycles. The normalized spacial score (nSPS) is 11.1. The topological polar surface area (TPSA) is 36.4 Å². The SMILES string of the molecule is CCCCCCCCCCCCCCCCNC(=S)N/N=C\c1ccc(F)cc1. The molecule has 0 amide bonds. The molecule has 0 aliphatic carbocycles. The molecule has 164 valence electrons. The molecule has 0 radical (unpaired) electrons. The Morgan fingerprint density at radius 2 is 1.31 bits per heavy atom. The maximum atomic E-state index is 12.8. The second kappa shape index (κ2) is 18.5. The van der Waals surface area contributed by atoms with Crippen LogP contribution in [0.5, 0.6) is 0 Å². The van der Waals surface area contributed by atoms with Crippen LogP contribution in [0.4, 0.5) is 4.39 Å². The van der Waals surface area contributed by atoms with Crippen molar-refractivity contribution in [3.05, 3.63) is 35.6 Å². The van der Waals surface area contributed by atoms with E-state index in [2.05, 4.69) is 22.8 Å². The Hall–Kier alpha value is -1.49. The molecule has 29 heavy (non-hydrogen) atoms. The smallest absolute Gasteiger partial charge is 0.186 e. The summed E-state index contributed by atoms with van der Waals surface area (Å²) in [7, 11) is 0. The van der Waals surface area contributed by atoms with Gasteiger partial charge in [-0.25, -0.2) is 4.39 Å². The molecule has 1 aromatic rings. The van der Waals surface area contributed by atoms with E-state index < -0.39 is 0 Å². The van der Waals surface area contributed by atoms with Crippen molar-refractivity contribution in [3.63, 3.8) is 0 Å². The average molecular weight is 422 g/mol. The molecule has 0 aliphatic heterocycles. The van der Waals surface area contributed by atoms with Crippen LogP contribution < -0.4 is 10.7 Å². The van der Waals surface area contributed by atoms with E-state index in [0.29, 0.717) is 5.11 Å². The molecule has 0 spiro atoms. The zero-order valence-corrected chi connectivity index (χ0v) is 19.0. The molecule has 2 N–H and O–H groups in total. The minimum Gasteiger partial charge on any atom is -0.361 e. The van der Waals surface area contributed by atoms with Crippen molar-refractivity contribution in [2.45, 2.75) is 96.8 Å². The van der Waals surface area contributed by atoms with Gasteiger partial charge in [0.05, 0.1) is 6.21 Å². The van der Waals surface area contributed by atoms with Gasteiger partial charge in [0.1, 0.15) is 5.82 Å². The summed E-state index contributed by atoms with van der Waals surface area (Å²) in [6.45, 7) is 3.15. The van der Waals surface area contributed by atoms with Crippen molar-refractivity contribution in [2.75, 3.05) is 6.54 Å². The van der Waals surface area contributed by atoms with Crippen LogP contribution in [0.15, 0.2) is 29.4 Å². The van der Waals surface area contributed by atoms with Gasteiger partial charge in [-0.1, -0.05) is 103 Å².